The highest BCUT2D eigenvalue weighted by Gasteiger charge is 2.14. The third-order valence-electron chi connectivity index (χ3n) is 3.23. The minimum atomic E-state index is -3.53. The lowest BCUT2D eigenvalue weighted by atomic mass is 10.2. The predicted molar refractivity (Wildman–Crippen MR) is 91.7 cm³/mol. The van der Waals surface area contributed by atoms with E-state index in [0.29, 0.717) is 16.3 Å². The van der Waals surface area contributed by atoms with Crippen LogP contribution in [0, 0.1) is 0 Å². The molecular weight excluding hydrogens is 334 g/mol. The van der Waals surface area contributed by atoms with Crippen LogP contribution in [0.25, 0.3) is 11.4 Å². The molecule has 0 bridgehead atoms. The van der Waals surface area contributed by atoms with Crippen LogP contribution in [0.1, 0.15) is 5.56 Å². The van der Waals surface area contributed by atoms with Gasteiger partial charge in [0.25, 0.3) is 0 Å². The number of anilines is 1. The number of imidazole rings is 1. The van der Waals surface area contributed by atoms with E-state index in [1.54, 1.807) is 60.9 Å². The fourth-order valence-electron chi connectivity index (χ4n) is 2.16. The first kappa shape index (κ1) is 15.6. The van der Waals surface area contributed by atoms with E-state index in [-0.39, 0.29) is 5.75 Å². The first-order chi connectivity index (χ1) is 11.0. The molecule has 0 fully saturated rings. The van der Waals surface area contributed by atoms with Crippen molar-refractivity contribution in [1.29, 1.82) is 0 Å². The average Bonchev–Trinajstić information content (AvgIpc) is 3.04. The zero-order valence-electron chi connectivity index (χ0n) is 12.0. The maximum atomic E-state index is 12.2. The van der Waals surface area contributed by atoms with Crippen molar-refractivity contribution in [1.82, 2.24) is 9.97 Å². The van der Waals surface area contributed by atoms with Crippen molar-refractivity contribution in [2.24, 2.45) is 0 Å². The molecule has 0 aliphatic rings. The van der Waals surface area contributed by atoms with Crippen LogP contribution in [0.5, 0.6) is 0 Å². The molecule has 2 N–H and O–H groups in total. The van der Waals surface area contributed by atoms with Crippen molar-refractivity contribution >= 4 is 27.3 Å². The highest BCUT2D eigenvalue weighted by atomic mass is 35.5. The summed E-state index contributed by atoms with van der Waals surface area (Å²) in [5, 5.41) is 0.436. The third kappa shape index (κ3) is 3.91. The quantitative estimate of drug-likeness (QED) is 0.739. The van der Waals surface area contributed by atoms with E-state index >= 15 is 0 Å². The summed E-state index contributed by atoms with van der Waals surface area (Å²) in [4.78, 5) is 7.14. The summed E-state index contributed by atoms with van der Waals surface area (Å²) >= 11 is 6.01. The molecule has 0 saturated heterocycles. The highest BCUT2D eigenvalue weighted by Crippen LogP contribution is 2.21. The van der Waals surface area contributed by atoms with Crippen molar-refractivity contribution in [2.75, 3.05) is 4.72 Å². The van der Waals surface area contributed by atoms with Gasteiger partial charge in [-0.2, -0.15) is 0 Å². The second-order valence-corrected chi connectivity index (χ2v) is 7.10. The Labute approximate surface area is 139 Å². The second-order valence-electron chi connectivity index (χ2n) is 4.97. The van der Waals surface area contributed by atoms with E-state index in [0.717, 1.165) is 11.4 Å². The molecule has 3 rings (SSSR count). The number of rotatable bonds is 5. The van der Waals surface area contributed by atoms with Gasteiger partial charge in [0.1, 0.15) is 5.82 Å². The molecule has 2 aromatic carbocycles. The van der Waals surface area contributed by atoms with Gasteiger partial charge in [-0.25, -0.2) is 13.4 Å². The molecule has 1 heterocycles. The van der Waals surface area contributed by atoms with Crippen molar-refractivity contribution in [3.8, 4) is 11.4 Å². The van der Waals surface area contributed by atoms with Crippen LogP contribution in [0.15, 0.2) is 60.9 Å². The Kier molecular flexibility index (Phi) is 4.36. The molecule has 23 heavy (non-hydrogen) atoms. The van der Waals surface area contributed by atoms with Gasteiger partial charge in [-0.05, 0) is 35.9 Å². The van der Waals surface area contributed by atoms with Crippen molar-refractivity contribution in [3.05, 3.63) is 71.5 Å². The summed E-state index contributed by atoms with van der Waals surface area (Å²) in [6.07, 6.45) is 3.39. The van der Waals surface area contributed by atoms with E-state index in [2.05, 4.69) is 14.7 Å². The number of sulfonamides is 1. The molecular formula is C16H14ClN3O2S. The van der Waals surface area contributed by atoms with E-state index in [4.69, 9.17) is 11.6 Å². The van der Waals surface area contributed by atoms with Gasteiger partial charge in [-0.3, -0.25) is 4.72 Å². The summed E-state index contributed by atoms with van der Waals surface area (Å²) in [7, 11) is -3.53. The molecule has 0 saturated carbocycles. The number of nitrogens with zero attached hydrogens (tertiary/aromatic N) is 1. The summed E-state index contributed by atoms with van der Waals surface area (Å²) in [5.41, 5.74) is 1.94. The highest BCUT2D eigenvalue weighted by molar-refractivity contribution is 7.91. The standard InChI is InChI=1S/C16H14ClN3O2S/c17-15-4-2-1-3-13(15)11-23(21,22)20-14-7-5-12(6-8-14)16-18-9-10-19-16/h1-10,20H,11H2,(H,18,19). The number of hydrogen-bond acceptors (Lipinski definition) is 3. The maximum Gasteiger partial charge on any atom is 0.236 e. The predicted octanol–water partition coefficient (Wildman–Crippen LogP) is 3.67. The monoisotopic (exact) mass is 347 g/mol. The molecule has 118 valence electrons. The number of benzene rings is 2. The topological polar surface area (TPSA) is 74.8 Å². The smallest absolute Gasteiger partial charge is 0.236 e. The van der Waals surface area contributed by atoms with Crippen LogP contribution in [-0.2, 0) is 15.8 Å². The number of aromatic nitrogens is 2. The average molecular weight is 348 g/mol. The molecule has 3 aromatic rings. The Morgan fingerprint density at radius 3 is 2.48 bits per heavy atom. The number of nitrogens with one attached hydrogen (secondary N) is 2. The van der Waals surface area contributed by atoms with Gasteiger partial charge in [-0.1, -0.05) is 29.8 Å². The van der Waals surface area contributed by atoms with Gasteiger partial charge in [0, 0.05) is 28.7 Å². The molecule has 0 aliphatic carbocycles. The first-order valence-corrected chi connectivity index (χ1v) is 8.90. The number of H-pyrrole nitrogens is 1. The van der Waals surface area contributed by atoms with Gasteiger partial charge in [0.2, 0.25) is 10.0 Å². The van der Waals surface area contributed by atoms with Crippen LogP contribution in [0.2, 0.25) is 5.02 Å². The Hall–Kier alpha value is -2.31. The lowest BCUT2D eigenvalue weighted by Crippen LogP contribution is -2.15. The Morgan fingerprint density at radius 2 is 1.83 bits per heavy atom. The first-order valence-electron chi connectivity index (χ1n) is 6.87. The molecule has 0 atom stereocenters. The van der Waals surface area contributed by atoms with E-state index in [1.807, 2.05) is 0 Å². The summed E-state index contributed by atoms with van der Waals surface area (Å²) in [6.45, 7) is 0. The maximum absolute atomic E-state index is 12.2. The van der Waals surface area contributed by atoms with Crippen molar-refractivity contribution in [2.45, 2.75) is 5.75 Å². The number of aromatic amines is 1. The normalized spacial score (nSPS) is 11.3. The van der Waals surface area contributed by atoms with E-state index in [1.165, 1.54) is 0 Å². The lowest BCUT2D eigenvalue weighted by molar-refractivity contribution is 0.600. The zero-order valence-corrected chi connectivity index (χ0v) is 13.6. The minimum absolute atomic E-state index is 0.174. The zero-order chi connectivity index (χ0) is 16.3. The second kappa shape index (κ2) is 6.44. The molecule has 0 radical (unpaired) electrons. The minimum Gasteiger partial charge on any atom is -0.345 e. The van der Waals surface area contributed by atoms with Crippen LogP contribution in [-0.4, -0.2) is 18.4 Å². The van der Waals surface area contributed by atoms with Crippen LogP contribution in [0.3, 0.4) is 0 Å². The fourth-order valence-corrected chi connectivity index (χ4v) is 3.67. The molecule has 5 nitrogen and oxygen atoms in total. The lowest BCUT2D eigenvalue weighted by Gasteiger charge is -2.09. The van der Waals surface area contributed by atoms with Crippen molar-refractivity contribution < 1.29 is 8.42 Å². The molecule has 7 heteroatoms. The molecule has 0 unspecified atom stereocenters. The van der Waals surface area contributed by atoms with Gasteiger partial charge in [-0.15, -0.1) is 0 Å². The molecule has 0 aliphatic heterocycles. The van der Waals surface area contributed by atoms with E-state index < -0.39 is 10.0 Å². The molecule has 0 spiro atoms. The van der Waals surface area contributed by atoms with Gasteiger partial charge < -0.3 is 4.98 Å². The van der Waals surface area contributed by atoms with Crippen LogP contribution in [0.4, 0.5) is 5.69 Å². The van der Waals surface area contributed by atoms with E-state index in [9.17, 15) is 8.42 Å². The molecule has 1 aromatic heterocycles. The number of halogens is 1. The summed E-state index contributed by atoms with van der Waals surface area (Å²) in [5.74, 6) is 0.558. The Balaban J connectivity index is 1.74. The Morgan fingerprint density at radius 1 is 1.09 bits per heavy atom. The van der Waals surface area contributed by atoms with Gasteiger partial charge >= 0.3 is 0 Å². The largest absolute Gasteiger partial charge is 0.345 e. The van der Waals surface area contributed by atoms with Crippen molar-refractivity contribution in [3.63, 3.8) is 0 Å². The fraction of sp³-hybridized carbons (Fsp3) is 0.0625. The third-order valence-corrected chi connectivity index (χ3v) is 4.84. The summed E-state index contributed by atoms with van der Waals surface area (Å²) < 4.78 is 27.0. The van der Waals surface area contributed by atoms with Crippen LogP contribution >= 0.6 is 11.6 Å². The van der Waals surface area contributed by atoms with Crippen LogP contribution < -0.4 is 4.72 Å². The number of hydrogen-bond donors (Lipinski definition) is 2. The Bertz CT molecular complexity index is 891. The van der Waals surface area contributed by atoms with Gasteiger partial charge in [0.15, 0.2) is 0 Å². The summed E-state index contributed by atoms with van der Waals surface area (Å²) in [6, 6.07) is 13.9. The molecule has 0 amide bonds. The SMILES string of the molecule is O=S(=O)(Cc1ccccc1Cl)Nc1ccc(-c2ncc[nH]2)cc1. The van der Waals surface area contributed by atoms with Gasteiger partial charge in [0.05, 0.1) is 5.75 Å².